The van der Waals surface area contributed by atoms with Crippen LogP contribution in [0.5, 0.6) is 0 Å². The Kier molecular flexibility index (Phi) is 6.09. The quantitative estimate of drug-likeness (QED) is 0.422. The number of nitrogens with zero attached hydrogens (tertiary/aromatic N) is 1. The summed E-state index contributed by atoms with van der Waals surface area (Å²) >= 11 is 6.38. The van der Waals surface area contributed by atoms with Crippen molar-refractivity contribution in [3.63, 3.8) is 0 Å². The summed E-state index contributed by atoms with van der Waals surface area (Å²) in [6.45, 7) is 0. The summed E-state index contributed by atoms with van der Waals surface area (Å²) in [5.41, 5.74) is 6.48. The van der Waals surface area contributed by atoms with Gasteiger partial charge in [-0.05, 0) is 60.6 Å². The van der Waals surface area contributed by atoms with Gasteiger partial charge in [0.05, 0.1) is 5.52 Å². The predicted molar refractivity (Wildman–Crippen MR) is 117 cm³/mol. The average Bonchev–Trinajstić information content (AvgIpc) is 2.68. The molecule has 0 saturated carbocycles. The van der Waals surface area contributed by atoms with Gasteiger partial charge in [0.1, 0.15) is 0 Å². The minimum atomic E-state index is 0.787. The van der Waals surface area contributed by atoms with E-state index in [9.17, 15) is 0 Å². The van der Waals surface area contributed by atoms with E-state index in [1.165, 1.54) is 79.1 Å². The van der Waals surface area contributed by atoms with Crippen molar-refractivity contribution in [2.75, 3.05) is 0 Å². The lowest BCUT2D eigenvalue weighted by Crippen LogP contribution is -2.04. The second-order valence-electron chi connectivity index (χ2n) is 7.77. The van der Waals surface area contributed by atoms with Crippen LogP contribution in [0.15, 0.2) is 48.5 Å². The SMILES string of the molecule is Clc1ccc2nc3c(c(-c4ccccc4)c2c1)CCCCCCCCCC3. The van der Waals surface area contributed by atoms with E-state index in [1.807, 2.05) is 6.07 Å². The number of hydrogen-bond donors (Lipinski definition) is 0. The molecule has 2 heteroatoms. The molecule has 0 bridgehead atoms. The topological polar surface area (TPSA) is 12.9 Å². The minimum absolute atomic E-state index is 0.787. The number of aryl methyl sites for hydroxylation is 1. The van der Waals surface area contributed by atoms with Crippen LogP contribution >= 0.6 is 11.6 Å². The molecule has 4 rings (SSSR count). The molecule has 0 unspecified atom stereocenters. The third kappa shape index (κ3) is 4.35. The molecule has 0 spiro atoms. The maximum absolute atomic E-state index is 6.38. The Balaban J connectivity index is 1.89. The van der Waals surface area contributed by atoms with E-state index in [0.29, 0.717) is 0 Å². The molecule has 140 valence electrons. The second kappa shape index (κ2) is 8.89. The van der Waals surface area contributed by atoms with E-state index in [2.05, 4.69) is 42.5 Å². The largest absolute Gasteiger partial charge is 0.253 e. The molecule has 1 heterocycles. The number of fused-ring (bicyclic) bond motifs is 2. The van der Waals surface area contributed by atoms with Gasteiger partial charge in [-0.15, -0.1) is 0 Å². The highest BCUT2D eigenvalue weighted by Gasteiger charge is 2.17. The Morgan fingerprint density at radius 3 is 2.11 bits per heavy atom. The van der Waals surface area contributed by atoms with Crippen molar-refractivity contribution in [1.29, 1.82) is 0 Å². The number of halogens is 1. The summed E-state index contributed by atoms with van der Waals surface area (Å²) in [7, 11) is 0. The third-order valence-corrected chi connectivity index (χ3v) is 6.02. The fourth-order valence-electron chi connectivity index (χ4n) is 4.39. The fourth-order valence-corrected chi connectivity index (χ4v) is 4.56. The van der Waals surface area contributed by atoms with Crippen molar-refractivity contribution >= 4 is 22.5 Å². The molecule has 1 aromatic heterocycles. The van der Waals surface area contributed by atoms with Crippen LogP contribution in [0.1, 0.15) is 62.6 Å². The maximum atomic E-state index is 6.38. The summed E-state index contributed by atoms with van der Waals surface area (Å²) in [4.78, 5) is 5.11. The predicted octanol–water partition coefficient (Wildman–Crippen LogP) is 7.77. The van der Waals surface area contributed by atoms with Crippen molar-refractivity contribution < 1.29 is 0 Å². The molecule has 1 aliphatic rings. The Morgan fingerprint density at radius 1 is 0.704 bits per heavy atom. The number of benzene rings is 2. The van der Waals surface area contributed by atoms with Crippen molar-refractivity contribution in [1.82, 2.24) is 4.98 Å². The van der Waals surface area contributed by atoms with E-state index in [0.717, 1.165) is 23.4 Å². The lowest BCUT2D eigenvalue weighted by molar-refractivity contribution is 0.557. The van der Waals surface area contributed by atoms with Crippen LogP contribution in [0.25, 0.3) is 22.0 Å². The van der Waals surface area contributed by atoms with E-state index in [1.54, 1.807) is 0 Å². The van der Waals surface area contributed by atoms with Crippen LogP contribution in [0, 0.1) is 0 Å². The van der Waals surface area contributed by atoms with Gasteiger partial charge < -0.3 is 0 Å². The van der Waals surface area contributed by atoms with E-state index in [-0.39, 0.29) is 0 Å². The van der Waals surface area contributed by atoms with Crippen LogP contribution in [0.4, 0.5) is 0 Å². The molecule has 1 nitrogen and oxygen atoms in total. The molecule has 0 amide bonds. The molecule has 0 saturated heterocycles. The van der Waals surface area contributed by atoms with Gasteiger partial charge in [-0.3, -0.25) is 4.98 Å². The molecule has 0 radical (unpaired) electrons. The standard InChI is InChI=1S/C25H28ClN/c26-20-16-17-24-22(18-20)25(19-12-8-7-9-13-19)21-14-10-5-3-1-2-4-6-11-15-23(21)27-24/h7-9,12-13,16-18H,1-6,10-11,14-15H2. The smallest absolute Gasteiger partial charge is 0.0712 e. The third-order valence-electron chi connectivity index (χ3n) is 5.79. The number of pyridine rings is 1. The first-order valence-electron chi connectivity index (χ1n) is 10.5. The fraction of sp³-hybridized carbons (Fsp3) is 0.400. The van der Waals surface area contributed by atoms with E-state index < -0.39 is 0 Å². The summed E-state index contributed by atoms with van der Waals surface area (Å²) in [5, 5.41) is 1.98. The zero-order valence-electron chi connectivity index (χ0n) is 16.0. The summed E-state index contributed by atoms with van der Waals surface area (Å²) in [6.07, 6.45) is 12.9. The van der Waals surface area contributed by atoms with E-state index in [4.69, 9.17) is 16.6 Å². The van der Waals surface area contributed by atoms with Gasteiger partial charge in [-0.1, -0.05) is 80.5 Å². The number of aromatic nitrogens is 1. The molecule has 3 aromatic rings. The molecule has 2 aromatic carbocycles. The van der Waals surface area contributed by atoms with Gasteiger partial charge >= 0.3 is 0 Å². The lowest BCUT2D eigenvalue weighted by Gasteiger charge is -2.19. The van der Waals surface area contributed by atoms with Crippen molar-refractivity contribution in [2.45, 2.75) is 64.2 Å². The summed E-state index contributed by atoms with van der Waals surface area (Å²) in [5.74, 6) is 0. The van der Waals surface area contributed by atoms with Crippen molar-refractivity contribution in [3.05, 3.63) is 64.8 Å². The molecule has 27 heavy (non-hydrogen) atoms. The zero-order chi connectivity index (χ0) is 18.5. The van der Waals surface area contributed by atoms with Gasteiger partial charge in [-0.2, -0.15) is 0 Å². The van der Waals surface area contributed by atoms with E-state index >= 15 is 0 Å². The normalized spacial score (nSPS) is 16.3. The van der Waals surface area contributed by atoms with Crippen LogP contribution in [0.3, 0.4) is 0 Å². The van der Waals surface area contributed by atoms with Crippen LogP contribution in [-0.2, 0) is 12.8 Å². The second-order valence-corrected chi connectivity index (χ2v) is 8.20. The zero-order valence-corrected chi connectivity index (χ0v) is 16.8. The van der Waals surface area contributed by atoms with Gasteiger partial charge in [-0.25, -0.2) is 0 Å². The van der Waals surface area contributed by atoms with Gasteiger partial charge in [0.2, 0.25) is 0 Å². The first kappa shape index (κ1) is 18.5. The van der Waals surface area contributed by atoms with Crippen LogP contribution in [0.2, 0.25) is 5.02 Å². The molecule has 0 fully saturated rings. The van der Waals surface area contributed by atoms with Crippen LogP contribution in [-0.4, -0.2) is 4.98 Å². The van der Waals surface area contributed by atoms with Crippen molar-refractivity contribution in [3.8, 4) is 11.1 Å². The summed E-state index contributed by atoms with van der Waals surface area (Å²) in [6, 6.07) is 17.0. The average molecular weight is 378 g/mol. The van der Waals surface area contributed by atoms with Gasteiger partial charge in [0.25, 0.3) is 0 Å². The molecule has 1 aliphatic carbocycles. The molecule has 0 atom stereocenters. The maximum Gasteiger partial charge on any atom is 0.0712 e. The van der Waals surface area contributed by atoms with Gasteiger partial charge in [0, 0.05) is 16.1 Å². The highest BCUT2D eigenvalue weighted by molar-refractivity contribution is 6.31. The monoisotopic (exact) mass is 377 g/mol. The first-order chi connectivity index (χ1) is 13.3. The van der Waals surface area contributed by atoms with Gasteiger partial charge in [0.15, 0.2) is 0 Å². The summed E-state index contributed by atoms with van der Waals surface area (Å²) < 4.78 is 0. The Hall–Kier alpha value is -1.86. The Morgan fingerprint density at radius 2 is 1.37 bits per heavy atom. The molecular formula is C25H28ClN. The Labute approximate surface area is 167 Å². The molecule has 0 N–H and O–H groups in total. The number of rotatable bonds is 1. The Bertz CT molecular complexity index is 901. The first-order valence-corrected chi connectivity index (χ1v) is 10.9. The highest BCUT2D eigenvalue weighted by atomic mass is 35.5. The number of hydrogen-bond acceptors (Lipinski definition) is 1. The van der Waals surface area contributed by atoms with Crippen LogP contribution < -0.4 is 0 Å². The molecule has 0 aliphatic heterocycles. The molecular weight excluding hydrogens is 350 g/mol. The van der Waals surface area contributed by atoms with Crippen molar-refractivity contribution in [2.24, 2.45) is 0 Å². The minimum Gasteiger partial charge on any atom is -0.253 e. The highest BCUT2D eigenvalue weighted by Crippen LogP contribution is 2.36. The lowest BCUT2D eigenvalue weighted by atomic mass is 9.89.